The molecule has 138 valence electrons. The summed E-state index contributed by atoms with van der Waals surface area (Å²) >= 11 is 0. The lowest BCUT2D eigenvalue weighted by molar-refractivity contribution is -0.148. The molecule has 3 rings (SSSR count). The van der Waals surface area contributed by atoms with E-state index < -0.39 is 12.1 Å². The van der Waals surface area contributed by atoms with E-state index in [1.807, 2.05) is 24.3 Å². The maximum Gasteiger partial charge on any atom is 0.344 e. The van der Waals surface area contributed by atoms with Crippen LogP contribution in [0.2, 0.25) is 0 Å². The first kappa shape index (κ1) is 18.4. The second kappa shape index (κ2) is 7.86. The van der Waals surface area contributed by atoms with E-state index in [0.717, 1.165) is 10.9 Å². The van der Waals surface area contributed by atoms with E-state index in [2.05, 4.69) is 4.98 Å². The maximum atomic E-state index is 12.6. The third-order valence-electron chi connectivity index (χ3n) is 4.15. The Hall–Kier alpha value is -3.41. The van der Waals surface area contributed by atoms with E-state index in [1.54, 1.807) is 30.5 Å². The zero-order chi connectivity index (χ0) is 19.4. The Balaban J connectivity index is 1.57. The molecule has 0 saturated carbocycles. The van der Waals surface area contributed by atoms with Crippen molar-refractivity contribution in [1.29, 1.82) is 0 Å². The second-order valence-electron chi connectivity index (χ2n) is 6.11. The molecule has 0 radical (unpaired) electrons. The van der Waals surface area contributed by atoms with Gasteiger partial charge < -0.3 is 14.5 Å². The molecule has 0 spiro atoms. The Morgan fingerprint density at radius 1 is 1.04 bits per heavy atom. The first-order valence-corrected chi connectivity index (χ1v) is 8.49. The molecule has 0 aliphatic heterocycles. The average Bonchev–Trinajstić information content (AvgIpc) is 3.10. The summed E-state index contributed by atoms with van der Waals surface area (Å²) in [6, 6.07) is 13.9. The monoisotopic (exact) mass is 365 g/mol. The lowest BCUT2D eigenvalue weighted by Crippen LogP contribution is -2.27. The van der Waals surface area contributed by atoms with E-state index in [0.29, 0.717) is 16.9 Å². The van der Waals surface area contributed by atoms with Crippen molar-refractivity contribution in [3.05, 3.63) is 65.9 Å². The van der Waals surface area contributed by atoms with Gasteiger partial charge in [0, 0.05) is 28.2 Å². The number of Topliss-reactive ketones (excluding diaryl/α,β-unsaturated/α-hetero) is 2. The molecule has 0 aliphatic carbocycles. The van der Waals surface area contributed by atoms with Crippen LogP contribution in [-0.2, 0) is 9.53 Å². The van der Waals surface area contributed by atoms with E-state index in [9.17, 15) is 14.4 Å². The molecule has 3 aromatic rings. The minimum atomic E-state index is -0.930. The Morgan fingerprint density at radius 3 is 2.44 bits per heavy atom. The van der Waals surface area contributed by atoms with Crippen LogP contribution < -0.4 is 4.74 Å². The summed E-state index contributed by atoms with van der Waals surface area (Å²) in [5.41, 5.74) is 1.88. The molecule has 27 heavy (non-hydrogen) atoms. The summed E-state index contributed by atoms with van der Waals surface area (Å²) in [6.07, 6.45) is 0.685. The zero-order valence-corrected chi connectivity index (χ0v) is 15.0. The van der Waals surface area contributed by atoms with Gasteiger partial charge in [-0.25, -0.2) is 4.79 Å². The number of aromatic amines is 1. The average molecular weight is 365 g/mol. The normalized spacial score (nSPS) is 11.8. The van der Waals surface area contributed by atoms with Crippen molar-refractivity contribution in [3.8, 4) is 5.75 Å². The molecule has 1 heterocycles. The largest absolute Gasteiger partial charge is 0.482 e. The maximum absolute atomic E-state index is 12.6. The van der Waals surface area contributed by atoms with Gasteiger partial charge in [-0.1, -0.05) is 18.2 Å². The SMILES string of the molecule is CC(=O)c1ccc(OCC(=O)O[C@@H](C)C(=O)c2c[nH]c3ccccc23)cc1. The van der Waals surface area contributed by atoms with Crippen LogP contribution in [0.15, 0.2) is 54.7 Å². The van der Waals surface area contributed by atoms with Crippen LogP contribution in [0.1, 0.15) is 34.6 Å². The van der Waals surface area contributed by atoms with Crippen molar-refractivity contribution in [2.45, 2.75) is 20.0 Å². The number of para-hydroxylation sites is 1. The third-order valence-corrected chi connectivity index (χ3v) is 4.15. The first-order chi connectivity index (χ1) is 13.0. The Morgan fingerprint density at radius 2 is 1.74 bits per heavy atom. The van der Waals surface area contributed by atoms with Gasteiger partial charge in [0.1, 0.15) is 5.75 Å². The fourth-order valence-electron chi connectivity index (χ4n) is 2.71. The van der Waals surface area contributed by atoms with Crippen LogP contribution in [0.3, 0.4) is 0 Å². The number of carbonyl (C=O) groups excluding carboxylic acids is 3. The highest BCUT2D eigenvalue weighted by atomic mass is 16.6. The Kier molecular flexibility index (Phi) is 5.35. The predicted molar refractivity (Wildman–Crippen MR) is 100 cm³/mol. The fraction of sp³-hybridized carbons (Fsp3) is 0.190. The minimum Gasteiger partial charge on any atom is -0.482 e. The van der Waals surface area contributed by atoms with Gasteiger partial charge in [-0.3, -0.25) is 9.59 Å². The van der Waals surface area contributed by atoms with Gasteiger partial charge in [0.2, 0.25) is 5.78 Å². The smallest absolute Gasteiger partial charge is 0.344 e. The number of esters is 1. The highest BCUT2D eigenvalue weighted by Gasteiger charge is 2.22. The van der Waals surface area contributed by atoms with Gasteiger partial charge in [0.05, 0.1) is 0 Å². The third kappa shape index (κ3) is 4.23. The number of nitrogens with one attached hydrogen (secondary N) is 1. The number of H-pyrrole nitrogens is 1. The molecule has 0 unspecified atom stereocenters. The molecule has 0 amide bonds. The molecule has 0 saturated heterocycles. The highest BCUT2D eigenvalue weighted by Crippen LogP contribution is 2.20. The van der Waals surface area contributed by atoms with Gasteiger partial charge >= 0.3 is 5.97 Å². The van der Waals surface area contributed by atoms with Crippen LogP contribution in [0.5, 0.6) is 5.75 Å². The summed E-state index contributed by atoms with van der Waals surface area (Å²) in [5.74, 6) is -0.545. The highest BCUT2D eigenvalue weighted by molar-refractivity contribution is 6.10. The van der Waals surface area contributed by atoms with Crippen molar-refractivity contribution in [2.24, 2.45) is 0 Å². The molecule has 6 heteroatoms. The number of carbonyl (C=O) groups is 3. The molecule has 1 N–H and O–H groups in total. The number of aromatic nitrogens is 1. The van der Waals surface area contributed by atoms with Crippen molar-refractivity contribution in [1.82, 2.24) is 4.98 Å². The van der Waals surface area contributed by atoms with Crippen LogP contribution in [0, 0.1) is 0 Å². The number of rotatable bonds is 7. The molecule has 2 aromatic carbocycles. The summed E-state index contributed by atoms with van der Waals surface area (Å²) in [7, 11) is 0. The summed E-state index contributed by atoms with van der Waals surface area (Å²) in [6.45, 7) is 2.67. The number of ketones is 2. The Labute approximate surface area is 156 Å². The van der Waals surface area contributed by atoms with Gasteiger partial charge in [-0.2, -0.15) is 0 Å². The number of benzene rings is 2. The van der Waals surface area contributed by atoms with Gasteiger partial charge in [0.15, 0.2) is 18.5 Å². The summed E-state index contributed by atoms with van der Waals surface area (Å²) < 4.78 is 10.5. The van der Waals surface area contributed by atoms with Crippen molar-refractivity contribution in [2.75, 3.05) is 6.61 Å². The lowest BCUT2D eigenvalue weighted by atomic mass is 10.1. The van der Waals surface area contributed by atoms with Crippen molar-refractivity contribution >= 4 is 28.4 Å². The van der Waals surface area contributed by atoms with E-state index >= 15 is 0 Å². The quantitative estimate of drug-likeness (QED) is 0.511. The van der Waals surface area contributed by atoms with Crippen molar-refractivity contribution in [3.63, 3.8) is 0 Å². The minimum absolute atomic E-state index is 0.0504. The van der Waals surface area contributed by atoms with Gasteiger partial charge in [-0.05, 0) is 44.2 Å². The van der Waals surface area contributed by atoms with E-state index in [4.69, 9.17) is 9.47 Å². The molecule has 6 nitrogen and oxygen atoms in total. The zero-order valence-electron chi connectivity index (χ0n) is 15.0. The van der Waals surface area contributed by atoms with Gasteiger partial charge in [-0.15, -0.1) is 0 Å². The number of ether oxygens (including phenoxy) is 2. The van der Waals surface area contributed by atoms with Crippen molar-refractivity contribution < 1.29 is 23.9 Å². The molecule has 1 aromatic heterocycles. The fourth-order valence-corrected chi connectivity index (χ4v) is 2.71. The second-order valence-corrected chi connectivity index (χ2v) is 6.11. The van der Waals surface area contributed by atoms with Gasteiger partial charge in [0.25, 0.3) is 0 Å². The molecular weight excluding hydrogens is 346 g/mol. The first-order valence-electron chi connectivity index (χ1n) is 8.49. The number of fused-ring (bicyclic) bond motifs is 1. The standard InChI is InChI=1S/C21H19NO5/c1-13(23)15-7-9-16(10-8-15)26-12-20(24)27-14(2)21(25)18-11-22-19-6-4-3-5-17(18)19/h3-11,14,22H,12H2,1-2H3/t14-/m0/s1. The molecule has 1 atom stereocenters. The lowest BCUT2D eigenvalue weighted by Gasteiger charge is -2.12. The topological polar surface area (TPSA) is 85.5 Å². The van der Waals surface area contributed by atoms with Crippen LogP contribution in [-0.4, -0.2) is 35.2 Å². The van der Waals surface area contributed by atoms with Crippen LogP contribution >= 0.6 is 0 Å². The molecule has 0 fully saturated rings. The van der Waals surface area contributed by atoms with Crippen LogP contribution in [0.25, 0.3) is 10.9 Å². The van der Waals surface area contributed by atoms with Crippen LogP contribution in [0.4, 0.5) is 0 Å². The van der Waals surface area contributed by atoms with E-state index in [1.165, 1.54) is 13.8 Å². The summed E-state index contributed by atoms with van der Waals surface area (Å²) in [5, 5.41) is 0.784. The predicted octanol–water partition coefficient (Wildman–Crippen LogP) is 3.56. The van der Waals surface area contributed by atoms with E-state index in [-0.39, 0.29) is 18.2 Å². The molecule has 0 aliphatic rings. The molecular formula is C21H19NO5. The molecule has 0 bridgehead atoms. The summed E-state index contributed by atoms with van der Waals surface area (Å²) in [4.78, 5) is 38.8. The number of hydrogen-bond donors (Lipinski definition) is 1. The number of hydrogen-bond acceptors (Lipinski definition) is 5. The Bertz CT molecular complexity index is 987.